The topological polar surface area (TPSA) is 64.6 Å². The van der Waals surface area contributed by atoms with Gasteiger partial charge in [0.15, 0.2) is 0 Å². The van der Waals surface area contributed by atoms with Gasteiger partial charge in [-0.15, -0.1) is 0 Å². The SMILES string of the molecule is CC(CNC(=O)NC(C)CCc1ccc(O)cc1)CN1CCCCC1. The number of aromatic hydroxyl groups is 1. The van der Waals surface area contributed by atoms with Crippen LogP contribution >= 0.6 is 0 Å². The van der Waals surface area contributed by atoms with E-state index in [0.717, 1.165) is 19.4 Å². The first-order valence-corrected chi connectivity index (χ1v) is 9.57. The van der Waals surface area contributed by atoms with Crippen LogP contribution in [0.5, 0.6) is 5.75 Å². The van der Waals surface area contributed by atoms with Crippen LogP contribution in [-0.4, -0.2) is 48.3 Å². The summed E-state index contributed by atoms with van der Waals surface area (Å²) in [7, 11) is 0. The van der Waals surface area contributed by atoms with Crippen molar-refractivity contribution >= 4 is 6.03 Å². The molecular formula is C20H33N3O2. The van der Waals surface area contributed by atoms with E-state index in [0.29, 0.717) is 12.5 Å². The highest BCUT2D eigenvalue weighted by molar-refractivity contribution is 5.74. The Bertz CT molecular complexity index is 512. The summed E-state index contributed by atoms with van der Waals surface area (Å²) in [6.07, 6.45) is 5.72. The summed E-state index contributed by atoms with van der Waals surface area (Å²) >= 11 is 0. The van der Waals surface area contributed by atoms with E-state index in [-0.39, 0.29) is 17.8 Å². The summed E-state index contributed by atoms with van der Waals surface area (Å²) in [5.74, 6) is 0.754. The highest BCUT2D eigenvalue weighted by Crippen LogP contribution is 2.12. The van der Waals surface area contributed by atoms with Gasteiger partial charge >= 0.3 is 6.03 Å². The van der Waals surface area contributed by atoms with Crippen LogP contribution in [0.25, 0.3) is 0 Å². The molecule has 25 heavy (non-hydrogen) atoms. The van der Waals surface area contributed by atoms with Crippen molar-refractivity contribution in [2.24, 2.45) is 5.92 Å². The molecule has 0 radical (unpaired) electrons. The minimum Gasteiger partial charge on any atom is -0.508 e. The number of piperidine rings is 1. The Morgan fingerprint density at radius 2 is 1.84 bits per heavy atom. The van der Waals surface area contributed by atoms with E-state index in [2.05, 4.69) is 22.5 Å². The van der Waals surface area contributed by atoms with Crippen molar-refractivity contribution < 1.29 is 9.90 Å². The molecule has 2 unspecified atom stereocenters. The van der Waals surface area contributed by atoms with Crippen LogP contribution in [0.3, 0.4) is 0 Å². The van der Waals surface area contributed by atoms with Crippen LogP contribution in [0.15, 0.2) is 24.3 Å². The number of carbonyl (C=O) groups excluding carboxylic acids is 1. The van der Waals surface area contributed by atoms with E-state index >= 15 is 0 Å². The molecule has 5 nitrogen and oxygen atoms in total. The molecule has 0 spiro atoms. The zero-order chi connectivity index (χ0) is 18.1. The highest BCUT2D eigenvalue weighted by atomic mass is 16.3. The van der Waals surface area contributed by atoms with Gasteiger partial charge in [-0.05, 0) is 69.3 Å². The fourth-order valence-electron chi connectivity index (χ4n) is 3.31. The first-order valence-electron chi connectivity index (χ1n) is 9.57. The summed E-state index contributed by atoms with van der Waals surface area (Å²) in [5.41, 5.74) is 1.17. The van der Waals surface area contributed by atoms with Crippen LogP contribution in [0, 0.1) is 5.92 Å². The number of hydrogen-bond donors (Lipinski definition) is 3. The van der Waals surface area contributed by atoms with Crippen LogP contribution in [-0.2, 0) is 6.42 Å². The lowest BCUT2D eigenvalue weighted by Gasteiger charge is -2.29. The Morgan fingerprint density at radius 3 is 2.52 bits per heavy atom. The fourth-order valence-corrected chi connectivity index (χ4v) is 3.31. The maximum atomic E-state index is 12.0. The van der Waals surface area contributed by atoms with E-state index in [1.807, 2.05) is 19.1 Å². The molecule has 1 heterocycles. The Balaban J connectivity index is 1.59. The minimum atomic E-state index is -0.0799. The third kappa shape index (κ3) is 7.78. The Hall–Kier alpha value is -1.75. The molecule has 140 valence electrons. The van der Waals surface area contributed by atoms with Gasteiger partial charge in [-0.3, -0.25) is 0 Å². The first-order chi connectivity index (χ1) is 12.0. The van der Waals surface area contributed by atoms with Gasteiger partial charge in [-0.2, -0.15) is 0 Å². The maximum absolute atomic E-state index is 12.0. The molecule has 2 atom stereocenters. The summed E-state index contributed by atoms with van der Waals surface area (Å²) in [5, 5.41) is 15.3. The third-order valence-electron chi connectivity index (χ3n) is 4.81. The van der Waals surface area contributed by atoms with Crippen LogP contribution in [0.1, 0.15) is 45.1 Å². The second-order valence-electron chi connectivity index (χ2n) is 7.43. The fraction of sp³-hybridized carbons (Fsp3) is 0.650. The average Bonchev–Trinajstić information content (AvgIpc) is 2.60. The molecule has 2 amide bonds. The molecule has 1 aromatic rings. The molecular weight excluding hydrogens is 314 g/mol. The predicted molar refractivity (Wildman–Crippen MR) is 102 cm³/mol. The molecule has 0 aromatic heterocycles. The van der Waals surface area contributed by atoms with Gasteiger partial charge in [-0.25, -0.2) is 4.79 Å². The maximum Gasteiger partial charge on any atom is 0.315 e. The van der Waals surface area contributed by atoms with E-state index in [9.17, 15) is 9.90 Å². The molecule has 1 fully saturated rings. The molecule has 0 aliphatic carbocycles. The van der Waals surface area contributed by atoms with Crippen LogP contribution in [0.4, 0.5) is 4.79 Å². The number of likely N-dealkylation sites (tertiary alicyclic amines) is 1. The molecule has 1 aliphatic rings. The average molecular weight is 348 g/mol. The minimum absolute atomic E-state index is 0.0799. The Kier molecular flexibility index (Phi) is 8.06. The normalized spacial score (nSPS) is 17.7. The molecule has 0 bridgehead atoms. The van der Waals surface area contributed by atoms with Gasteiger partial charge in [-0.1, -0.05) is 25.5 Å². The Labute approximate surface area is 151 Å². The quantitative estimate of drug-likeness (QED) is 0.677. The van der Waals surface area contributed by atoms with Gasteiger partial charge in [0.2, 0.25) is 0 Å². The van der Waals surface area contributed by atoms with Gasteiger partial charge in [0.05, 0.1) is 0 Å². The lowest BCUT2D eigenvalue weighted by atomic mass is 10.1. The molecule has 5 heteroatoms. The van der Waals surface area contributed by atoms with Crippen molar-refractivity contribution in [1.82, 2.24) is 15.5 Å². The van der Waals surface area contributed by atoms with Crippen molar-refractivity contribution in [3.8, 4) is 5.75 Å². The number of urea groups is 1. The van der Waals surface area contributed by atoms with E-state index in [1.54, 1.807) is 12.1 Å². The first kappa shape index (κ1) is 19.6. The smallest absolute Gasteiger partial charge is 0.315 e. The molecule has 1 saturated heterocycles. The number of phenols is 1. The summed E-state index contributed by atoms with van der Waals surface area (Å²) in [6, 6.07) is 7.28. The second-order valence-corrected chi connectivity index (χ2v) is 7.43. The number of nitrogens with one attached hydrogen (secondary N) is 2. The highest BCUT2D eigenvalue weighted by Gasteiger charge is 2.14. The van der Waals surface area contributed by atoms with Crippen molar-refractivity contribution in [2.75, 3.05) is 26.2 Å². The van der Waals surface area contributed by atoms with Crippen LogP contribution in [0.2, 0.25) is 0 Å². The number of aryl methyl sites for hydroxylation is 1. The predicted octanol–water partition coefficient (Wildman–Crippen LogP) is 3.13. The summed E-state index contributed by atoms with van der Waals surface area (Å²) in [6.45, 7) is 8.40. The van der Waals surface area contributed by atoms with Gasteiger partial charge in [0.1, 0.15) is 5.75 Å². The van der Waals surface area contributed by atoms with Crippen molar-refractivity contribution in [3.05, 3.63) is 29.8 Å². The monoisotopic (exact) mass is 347 g/mol. The second kappa shape index (κ2) is 10.3. The number of hydrogen-bond acceptors (Lipinski definition) is 3. The molecule has 1 aliphatic heterocycles. The van der Waals surface area contributed by atoms with Gasteiger partial charge in [0.25, 0.3) is 0 Å². The lowest BCUT2D eigenvalue weighted by molar-refractivity contribution is 0.197. The number of nitrogens with zero attached hydrogens (tertiary/aromatic N) is 1. The number of amides is 2. The molecule has 2 rings (SSSR count). The molecule has 1 aromatic carbocycles. The third-order valence-corrected chi connectivity index (χ3v) is 4.81. The standard InChI is InChI=1S/C20H33N3O2/c1-16(15-23-12-4-3-5-13-23)14-21-20(25)22-17(2)6-7-18-8-10-19(24)11-9-18/h8-11,16-17,24H,3-7,12-15H2,1-2H3,(H2,21,22,25). The van der Waals surface area contributed by atoms with E-state index < -0.39 is 0 Å². The van der Waals surface area contributed by atoms with E-state index in [4.69, 9.17) is 0 Å². The largest absolute Gasteiger partial charge is 0.508 e. The van der Waals surface area contributed by atoms with E-state index in [1.165, 1.54) is 37.9 Å². The Morgan fingerprint density at radius 1 is 1.16 bits per heavy atom. The van der Waals surface area contributed by atoms with Crippen LogP contribution < -0.4 is 10.6 Å². The van der Waals surface area contributed by atoms with Crippen molar-refractivity contribution in [1.29, 1.82) is 0 Å². The zero-order valence-corrected chi connectivity index (χ0v) is 15.6. The summed E-state index contributed by atoms with van der Waals surface area (Å²) < 4.78 is 0. The number of rotatable bonds is 8. The van der Waals surface area contributed by atoms with Gasteiger partial charge < -0.3 is 20.6 Å². The van der Waals surface area contributed by atoms with Crippen molar-refractivity contribution in [2.45, 2.75) is 52.0 Å². The number of benzene rings is 1. The number of phenolic OH excluding ortho intramolecular Hbond substituents is 1. The lowest BCUT2D eigenvalue weighted by Crippen LogP contribution is -2.44. The van der Waals surface area contributed by atoms with Crippen molar-refractivity contribution in [3.63, 3.8) is 0 Å². The van der Waals surface area contributed by atoms with Gasteiger partial charge in [0, 0.05) is 19.1 Å². The number of carbonyl (C=O) groups is 1. The molecule has 0 saturated carbocycles. The summed E-state index contributed by atoms with van der Waals surface area (Å²) in [4.78, 5) is 14.5. The zero-order valence-electron chi connectivity index (χ0n) is 15.6. The molecule has 3 N–H and O–H groups in total.